The number of aryl methyl sites for hydroxylation is 1. The molecule has 0 spiro atoms. The number of rotatable bonds is 1. The molecule has 0 bridgehead atoms. The van der Waals surface area contributed by atoms with Crippen molar-refractivity contribution < 1.29 is 15.1 Å². The number of fused-ring (bicyclic) bond motifs is 1. The van der Waals surface area contributed by atoms with Crippen LogP contribution in [0.1, 0.15) is 36.5 Å². The average Bonchev–Trinajstić information content (AvgIpc) is 2.50. The smallest absolute Gasteiger partial charge is 0.264 e. The zero-order chi connectivity index (χ0) is 18.7. The van der Waals surface area contributed by atoms with E-state index in [0.29, 0.717) is 0 Å². The van der Waals surface area contributed by atoms with E-state index >= 15 is 0 Å². The maximum absolute atomic E-state index is 12.9. The molecule has 6 nitrogen and oxygen atoms in total. The van der Waals surface area contributed by atoms with E-state index < -0.39 is 42.4 Å². The minimum absolute atomic E-state index is 0.0235. The summed E-state index contributed by atoms with van der Waals surface area (Å²) in [7, 11) is 0. The van der Waals surface area contributed by atoms with Gasteiger partial charge in [0.2, 0.25) is 0 Å². The third-order valence-corrected chi connectivity index (χ3v) is 3.31. The van der Waals surface area contributed by atoms with Gasteiger partial charge in [-0.05, 0) is 25.5 Å². The van der Waals surface area contributed by atoms with E-state index in [-0.39, 0.29) is 28.5 Å². The van der Waals surface area contributed by atoms with Gasteiger partial charge in [-0.25, -0.2) is 4.98 Å². The van der Waals surface area contributed by atoms with Crippen LogP contribution in [0, 0.1) is 6.92 Å². The largest absolute Gasteiger partial charge is 0.398 e. The van der Waals surface area contributed by atoms with Crippen LogP contribution in [0.4, 0.5) is 5.69 Å². The molecule has 2 N–H and O–H groups in total. The van der Waals surface area contributed by atoms with Crippen LogP contribution in [0.3, 0.4) is 0 Å². The highest BCUT2D eigenvalue weighted by atomic mass is 16.2. The summed E-state index contributed by atoms with van der Waals surface area (Å²) in [6.07, 6.45) is -4.06. The number of carbonyl (C=O) groups excluding carboxylic acids is 2. The minimum atomic E-state index is -2.44. The van der Waals surface area contributed by atoms with Crippen molar-refractivity contribution >= 4 is 28.2 Å². The van der Waals surface area contributed by atoms with Gasteiger partial charge in [-0.2, -0.15) is 0 Å². The van der Waals surface area contributed by atoms with Crippen LogP contribution in [0.2, 0.25) is 0 Å². The van der Waals surface area contributed by atoms with Crippen LogP contribution in [-0.4, -0.2) is 21.1 Å². The minimum Gasteiger partial charge on any atom is -0.398 e. The first-order valence-electron chi connectivity index (χ1n) is 8.45. The van der Waals surface area contributed by atoms with Crippen molar-refractivity contribution in [3.8, 4) is 0 Å². The molecular formula is C15H15N3O3. The van der Waals surface area contributed by atoms with Gasteiger partial charge in [0, 0.05) is 14.8 Å². The number of Topliss-reactive ketones (excluding diaryl/α,β-unsaturated/α-hetero) is 2. The van der Waals surface area contributed by atoms with Crippen molar-refractivity contribution in [1.82, 2.24) is 9.55 Å². The van der Waals surface area contributed by atoms with Gasteiger partial charge in [-0.3, -0.25) is 19.0 Å². The Morgan fingerprint density at radius 2 is 2.24 bits per heavy atom. The van der Waals surface area contributed by atoms with E-state index in [1.807, 2.05) is 0 Å². The Bertz CT molecular complexity index is 990. The molecule has 1 heterocycles. The molecule has 3 atom stereocenters. The van der Waals surface area contributed by atoms with Gasteiger partial charge >= 0.3 is 0 Å². The molecule has 1 saturated carbocycles. The van der Waals surface area contributed by atoms with Gasteiger partial charge in [0.1, 0.15) is 11.6 Å². The van der Waals surface area contributed by atoms with Crippen molar-refractivity contribution in [2.45, 2.75) is 32.2 Å². The second-order valence-corrected chi connectivity index (χ2v) is 4.76. The molecule has 3 rings (SSSR count). The molecule has 0 aliphatic heterocycles. The lowest BCUT2D eigenvalue weighted by atomic mass is 9.92. The summed E-state index contributed by atoms with van der Waals surface area (Å²) in [5.41, 5.74) is 5.13. The first kappa shape index (κ1) is 9.44. The number of aromatic nitrogens is 2. The van der Waals surface area contributed by atoms with Crippen LogP contribution in [-0.2, 0) is 9.59 Å². The predicted octanol–water partition coefficient (Wildman–Crippen LogP) is 1.15. The zero-order valence-electron chi connectivity index (χ0n) is 15.2. The molecule has 1 fully saturated rings. The summed E-state index contributed by atoms with van der Waals surface area (Å²) in [5.74, 6) is -1.70. The number of nitrogens with zero attached hydrogens (tertiary/aromatic N) is 2. The van der Waals surface area contributed by atoms with Crippen LogP contribution >= 0.6 is 0 Å². The Morgan fingerprint density at radius 1 is 1.48 bits per heavy atom. The van der Waals surface area contributed by atoms with E-state index in [9.17, 15) is 14.4 Å². The van der Waals surface area contributed by atoms with Gasteiger partial charge in [-0.15, -0.1) is 0 Å². The van der Waals surface area contributed by atoms with Gasteiger partial charge in [0.25, 0.3) is 5.56 Å². The highest BCUT2D eigenvalue weighted by Gasteiger charge is 2.30. The first-order chi connectivity index (χ1) is 11.6. The highest BCUT2D eigenvalue weighted by molar-refractivity contribution is 6.03. The Balaban J connectivity index is 2.37. The molecule has 2 aromatic rings. The second-order valence-electron chi connectivity index (χ2n) is 4.76. The maximum Gasteiger partial charge on any atom is 0.264 e. The van der Waals surface area contributed by atoms with Crippen LogP contribution < -0.4 is 11.3 Å². The quantitative estimate of drug-likeness (QED) is 0.627. The number of nitrogen functional groups attached to an aromatic ring is 1. The fraction of sp³-hybridized carbons (Fsp3) is 0.333. The molecule has 0 radical (unpaired) electrons. The summed E-state index contributed by atoms with van der Waals surface area (Å²) in [4.78, 5) is 41.2. The van der Waals surface area contributed by atoms with Crippen molar-refractivity contribution in [3.05, 3.63) is 34.4 Å². The fourth-order valence-corrected chi connectivity index (χ4v) is 2.36. The molecule has 0 amide bonds. The standard InChI is InChI=1S/C15H15N3O3/c1-8-17-11-4-2-3-10(16)14(11)15(21)18(8)12-6-5-9(19)7-13(12)20/h2-4,12H,5-7,16H2,1H3/i2D,5D,6D,12D. The maximum atomic E-state index is 12.9. The molecule has 1 aromatic heterocycles. The van der Waals surface area contributed by atoms with Gasteiger partial charge in [0.05, 0.1) is 26.1 Å². The molecule has 108 valence electrons. The first-order valence-corrected chi connectivity index (χ1v) is 6.29. The molecule has 3 unspecified atom stereocenters. The lowest BCUT2D eigenvalue weighted by Gasteiger charge is -2.24. The number of hydrogen-bond acceptors (Lipinski definition) is 5. The molecular weight excluding hydrogens is 270 g/mol. The number of anilines is 1. The SMILES string of the molecule is [2H]c1cc(N)c2c(=O)n(C3([2H])C(=O)CC(=O)C([2H])C3[2H])c(C)nc2c1. The lowest BCUT2D eigenvalue weighted by molar-refractivity contribution is -0.132. The Hall–Kier alpha value is -2.50. The van der Waals surface area contributed by atoms with Gasteiger partial charge < -0.3 is 5.73 Å². The third kappa shape index (κ3) is 2.12. The van der Waals surface area contributed by atoms with E-state index in [0.717, 1.165) is 4.57 Å². The molecule has 1 aliphatic rings. The third-order valence-electron chi connectivity index (χ3n) is 3.31. The normalized spacial score (nSPS) is 32.4. The molecule has 1 aliphatic carbocycles. The summed E-state index contributed by atoms with van der Waals surface area (Å²) in [6.45, 7) is 1.39. The second kappa shape index (κ2) is 4.80. The zero-order valence-corrected chi connectivity index (χ0v) is 11.2. The number of benzene rings is 1. The van der Waals surface area contributed by atoms with E-state index in [1.54, 1.807) is 0 Å². The van der Waals surface area contributed by atoms with E-state index in [4.69, 9.17) is 11.2 Å². The molecule has 1 aromatic carbocycles. The predicted molar refractivity (Wildman–Crippen MR) is 78.1 cm³/mol. The van der Waals surface area contributed by atoms with Crippen molar-refractivity contribution in [3.63, 3.8) is 0 Å². The molecule has 6 heteroatoms. The average molecular weight is 289 g/mol. The number of nitrogens with two attached hydrogens (primary N) is 1. The molecule has 0 saturated heterocycles. The highest BCUT2D eigenvalue weighted by Crippen LogP contribution is 2.24. The topological polar surface area (TPSA) is 95.0 Å². The Morgan fingerprint density at radius 3 is 3.00 bits per heavy atom. The fourth-order valence-electron chi connectivity index (χ4n) is 2.36. The lowest BCUT2D eigenvalue weighted by Crippen LogP contribution is -2.36. The summed E-state index contributed by atoms with van der Waals surface area (Å²) >= 11 is 0. The van der Waals surface area contributed by atoms with Gasteiger partial charge in [0.15, 0.2) is 5.78 Å². The summed E-state index contributed by atoms with van der Waals surface area (Å²) in [5, 5.41) is -0.0633. The summed E-state index contributed by atoms with van der Waals surface area (Å²) in [6, 6.07) is 0.200. The Kier molecular flexibility index (Phi) is 2.16. The molecule has 21 heavy (non-hydrogen) atoms. The van der Waals surface area contributed by atoms with Crippen molar-refractivity contribution in [2.24, 2.45) is 0 Å². The van der Waals surface area contributed by atoms with E-state index in [1.165, 1.54) is 19.1 Å². The van der Waals surface area contributed by atoms with Crippen LogP contribution in [0.15, 0.2) is 23.0 Å². The van der Waals surface area contributed by atoms with Crippen molar-refractivity contribution in [2.75, 3.05) is 5.73 Å². The monoisotopic (exact) mass is 289 g/mol. The summed E-state index contributed by atoms with van der Waals surface area (Å²) < 4.78 is 32.7. The number of hydrogen-bond donors (Lipinski definition) is 1. The van der Waals surface area contributed by atoms with Gasteiger partial charge in [-0.1, -0.05) is 6.04 Å². The number of ketones is 2. The van der Waals surface area contributed by atoms with E-state index in [2.05, 4.69) is 4.98 Å². The Labute approximate surface area is 126 Å². The van der Waals surface area contributed by atoms with Crippen molar-refractivity contribution in [1.29, 1.82) is 0 Å². The number of carbonyl (C=O) groups is 2. The van der Waals surface area contributed by atoms with Crippen LogP contribution in [0.25, 0.3) is 10.9 Å². The van der Waals surface area contributed by atoms with Crippen LogP contribution in [0.5, 0.6) is 0 Å².